The molecule has 0 spiro atoms. The molecule has 0 bridgehead atoms. The first-order valence-electron chi connectivity index (χ1n) is 7.38. The SMILES string of the molecule is CCCNCC1CCC(CN2CCS(=O)(=O)CC2)O1. The van der Waals surface area contributed by atoms with Crippen molar-refractivity contribution in [3.8, 4) is 0 Å². The fraction of sp³-hybridized carbons (Fsp3) is 1.00. The molecule has 2 unspecified atom stereocenters. The van der Waals surface area contributed by atoms with Gasteiger partial charge in [-0.05, 0) is 25.8 Å². The van der Waals surface area contributed by atoms with Gasteiger partial charge in [0.05, 0.1) is 23.7 Å². The Balaban J connectivity index is 1.65. The maximum Gasteiger partial charge on any atom is 0.152 e. The molecule has 6 heteroatoms. The van der Waals surface area contributed by atoms with Crippen molar-refractivity contribution in [2.75, 3.05) is 44.2 Å². The van der Waals surface area contributed by atoms with Gasteiger partial charge in [-0.15, -0.1) is 0 Å². The van der Waals surface area contributed by atoms with Crippen molar-refractivity contribution in [3.05, 3.63) is 0 Å². The van der Waals surface area contributed by atoms with Crippen molar-refractivity contribution in [1.29, 1.82) is 0 Å². The Morgan fingerprint density at radius 3 is 2.58 bits per heavy atom. The van der Waals surface area contributed by atoms with Crippen LogP contribution in [0.25, 0.3) is 0 Å². The first-order chi connectivity index (χ1) is 9.09. The van der Waals surface area contributed by atoms with E-state index in [1.807, 2.05) is 0 Å². The number of sulfone groups is 1. The molecule has 19 heavy (non-hydrogen) atoms. The van der Waals surface area contributed by atoms with E-state index in [9.17, 15) is 8.42 Å². The predicted octanol–water partition coefficient (Wildman–Crippen LogP) is 0.264. The third-order valence-corrected chi connectivity index (χ3v) is 5.50. The van der Waals surface area contributed by atoms with Crippen LogP contribution in [0.3, 0.4) is 0 Å². The van der Waals surface area contributed by atoms with Gasteiger partial charge >= 0.3 is 0 Å². The molecule has 2 saturated heterocycles. The Morgan fingerprint density at radius 1 is 1.21 bits per heavy atom. The molecule has 0 amide bonds. The summed E-state index contributed by atoms with van der Waals surface area (Å²) in [5.41, 5.74) is 0. The van der Waals surface area contributed by atoms with Gasteiger partial charge in [-0.3, -0.25) is 4.90 Å². The second-order valence-electron chi connectivity index (χ2n) is 5.61. The zero-order chi connectivity index (χ0) is 13.7. The Hall–Kier alpha value is -0.170. The van der Waals surface area contributed by atoms with Crippen LogP contribution >= 0.6 is 0 Å². The number of hydrogen-bond acceptors (Lipinski definition) is 5. The van der Waals surface area contributed by atoms with E-state index in [4.69, 9.17) is 4.74 Å². The second kappa shape index (κ2) is 7.02. The number of ether oxygens (including phenoxy) is 1. The molecule has 2 heterocycles. The largest absolute Gasteiger partial charge is 0.372 e. The molecule has 112 valence electrons. The molecule has 0 aromatic carbocycles. The van der Waals surface area contributed by atoms with Crippen molar-refractivity contribution in [3.63, 3.8) is 0 Å². The van der Waals surface area contributed by atoms with Crippen LogP contribution < -0.4 is 5.32 Å². The van der Waals surface area contributed by atoms with Crippen LogP contribution in [0.4, 0.5) is 0 Å². The Kier molecular flexibility index (Phi) is 5.62. The van der Waals surface area contributed by atoms with Crippen LogP contribution in [0.1, 0.15) is 26.2 Å². The maximum absolute atomic E-state index is 11.4. The molecule has 0 radical (unpaired) electrons. The molecule has 5 nitrogen and oxygen atoms in total. The lowest BCUT2D eigenvalue weighted by atomic mass is 10.2. The third-order valence-electron chi connectivity index (χ3n) is 3.89. The molecule has 2 aliphatic heterocycles. The summed E-state index contributed by atoms with van der Waals surface area (Å²) >= 11 is 0. The van der Waals surface area contributed by atoms with E-state index in [0.29, 0.717) is 30.7 Å². The van der Waals surface area contributed by atoms with E-state index in [1.165, 1.54) is 0 Å². The molecule has 2 atom stereocenters. The molecule has 0 aromatic heterocycles. The maximum atomic E-state index is 11.4. The molecule has 1 N–H and O–H groups in total. The van der Waals surface area contributed by atoms with E-state index >= 15 is 0 Å². The van der Waals surface area contributed by atoms with Crippen LogP contribution in [-0.4, -0.2) is 69.8 Å². The number of nitrogens with one attached hydrogen (secondary N) is 1. The van der Waals surface area contributed by atoms with Crippen molar-refractivity contribution in [2.24, 2.45) is 0 Å². The summed E-state index contributed by atoms with van der Waals surface area (Å²) in [4.78, 5) is 2.23. The molecule has 2 rings (SSSR count). The van der Waals surface area contributed by atoms with Gasteiger partial charge in [0.15, 0.2) is 9.84 Å². The summed E-state index contributed by atoms with van der Waals surface area (Å²) in [6.45, 7) is 6.38. The molecular weight excluding hydrogens is 264 g/mol. The minimum Gasteiger partial charge on any atom is -0.372 e. The van der Waals surface area contributed by atoms with E-state index in [2.05, 4.69) is 17.1 Å². The average molecular weight is 290 g/mol. The highest BCUT2D eigenvalue weighted by atomic mass is 32.2. The van der Waals surface area contributed by atoms with E-state index in [0.717, 1.165) is 38.9 Å². The predicted molar refractivity (Wildman–Crippen MR) is 76.1 cm³/mol. The molecule has 0 saturated carbocycles. The van der Waals surface area contributed by atoms with E-state index in [1.54, 1.807) is 0 Å². The second-order valence-corrected chi connectivity index (χ2v) is 7.92. The minimum absolute atomic E-state index is 0.286. The number of nitrogens with zero attached hydrogens (tertiary/aromatic N) is 1. The Morgan fingerprint density at radius 2 is 1.89 bits per heavy atom. The topological polar surface area (TPSA) is 58.6 Å². The standard InChI is InChI=1S/C13H26N2O3S/c1-2-5-14-10-12-3-4-13(18-12)11-15-6-8-19(16,17)9-7-15/h12-14H,2-11H2,1H3. The summed E-state index contributed by atoms with van der Waals surface area (Å²) in [7, 11) is -2.77. The fourth-order valence-corrected chi connectivity index (χ4v) is 4.00. The Bertz CT molecular complexity index is 358. The van der Waals surface area contributed by atoms with Crippen molar-refractivity contribution < 1.29 is 13.2 Å². The van der Waals surface area contributed by atoms with Gasteiger partial charge in [-0.25, -0.2) is 8.42 Å². The molecular formula is C13H26N2O3S. The van der Waals surface area contributed by atoms with Crippen molar-refractivity contribution in [1.82, 2.24) is 10.2 Å². The van der Waals surface area contributed by atoms with Crippen LogP contribution in [0.5, 0.6) is 0 Å². The van der Waals surface area contributed by atoms with Gasteiger partial charge in [0.2, 0.25) is 0 Å². The van der Waals surface area contributed by atoms with Crippen LogP contribution in [0.15, 0.2) is 0 Å². The fourth-order valence-electron chi connectivity index (χ4n) is 2.73. The van der Waals surface area contributed by atoms with Crippen molar-refractivity contribution in [2.45, 2.75) is 38.4 Å². The zero-order valence-corrected chi connectivity index (χ0v) is 12.6. The average Bonchev–Trinajstić information content (AvgIpc) is 2.80. The lowest BCUT2D eigenvalue weighted by Gasteiger charge is -2.28. The quantitative estimate of drug-likeness (QED) is 0.711. The lowest BCUT2D eigenvalue weighted by molar-refractivity contribution is 0.0250. The first-order valence-corrected chi connectivity index (χ1v) is 9.20. The van der Waals surface area contributed by atoms with Crippen molar-refractivity contribution >= 4 is 9.84 Å². The van der Waals surface area contributed by atoms with E-state index < -0.39 is 9.84 Å². The van der Waals surface area contributed by atoms with Gasteiger partial charge in [0.25, 0.3) is 0 Å². The first kappa shape index (κ1) is 15.2. The molecule has 2 fully saturated rings. The lowest BCUT2D eigenvalue weighted by Crippen LogP contribution is -2.43. The highest BCUT2D eigenvalue weighted by molar-refractivity contribution is 7.91. The van der Waals surface area contributed by atoms with Crippen LogP contribution in [-0.2, 0) is 14.6 Å². The van der Waals surface area contributed by atoms with Gasteiger partial charge in [-0.2, -0.15) is 0 Å². The Labute approximate surface area is 116 Å². The highest BCUT2D eigenvalue weighted by Crippen LogP contribution is 2.20. The van der Waals surface area contributed by atoms with Crippen LogP contribution in [0.2, 0.25) is 0 Å². The normalized spacial score (nSPS) is 31.6. The molecule has 0 aliphatic carbocycles. The van der Waals surface area contributed by atoms with Crippen LogP contribution in [0, 0.1) is 0 Å². The number of hydrogen-bond donors (Lipinski definition) is 1. The summed E-state index contributed by atoms with van der Waals surface area (Å²) in [5, 5.41) is 3.39. The monoisotopic (exact) mass is 290 g/mol. The highest BCUT2D eigenvalue weighted by Gasteiger charge is 2.29. The number of rotatable bonds is 6. The smallest absolute Gasteiger partial charge is 0.152 e. The molecule has 2 aliphatic rings. The van der Waals surface area contributed by atoms with Gasteiger partial charge in [0.1, 0.15) is 0 Å². The van der Waals surface area contributed by atoms with Gasteiger partial charge in [-0.1, -0.05) is 6.92 Å². The summed E-state index contributed by atoms with van der Waals surface area (Å²) < 4.78 is 28.7. The summed E-state index contributed by atoms with van der Waals surface area (Å²) in [5.74, 6) is 0.614. The summed E-state index contributed by atoms with van der Waals surface area (Å²) in [6, 6.07) is 0. The van der Waals surface area contributed by atoms with E-state index in [-0.39, 0.29) is 6.10 Å². The zero-order valence-electron chi connectivity index (χ0n) is 11.8. The molecule has 0 aromatic rings. The van der Waals surface area contributed by atoms with Gasteiger partial charge in [0, 0.05) is 26.2 Å². The summed E-state index contributed by atoms with van der Waals surface area (Å²) in [6.07, 6.45) is 3.99. The van der Waals surface area contributed by atoms with Gasteiger partial charge < -0.3 is 10.1 Å². The third kappa shape index (κ3) is 5.02. The minimum atomic E-state index is -2.77.